The van der Waals surface area contributed by atoms with Crippen LogP contribution in [0.3, 0.4) is 0 Å². The summed E-state index contributed by atoms with van der Waals surface area (Å²) in [5.74, 6) is -1.60. The van der Waals surface area contributed by atoms with Crippen LogP contribution in [0.4, 0.5) is 0 Å². The van der Waals surface area contributed by atoms with Crippen molar-refractivity contribution in [3.05, 3.63) is 59.2 Å². The Kier molecular flexibility index (Phi) is 7.13. The number of sulfonamides is 1. The van der Waals surface area contributed by atoms with Crippen molar-refractivity contribution in [2.45, 2.75) is 18.2 Å². The number of carboxylic acid groups (broad SMARTS) is 1. The molecule has 150 valence electrons. The molecule has 0 aliphatic carbocycles. The molecular weight excluding hydrogens is 386 g/mol. The van der Waals surface area contributed by atoms with E-state index in [9.17, 15) is 18.0 Å². The number of hydrogen-bond acceptors (Lipinski definition) is 6. The SMILES string of the molecule is CCOC(=O)c1ccc(CCNS(=O)(=O)c2cc(C(=O)O)ccc2OC)cc1. The van der Waals surface area contributed by atoms with E-state index in [-0.39, 0.29) is 29.4 Å². The highest BCUT2D eigenvalue weighted by Crippen LogP contribution is 2.24. The molecule has 0 radical (unpaired) electrons. The average Bonchev–Trinajstić information content (AvgIpc) is 2.68. The molecule has 2 aromatic carbocycles. The molecule has 9 heteroatoms. The summed E-state index contributed by atoms with van der Waals surface area (Å²) in [7, 11) is -2.67. The summed E-state index contributed by atoms with van der Waals surface area (Å²) in [6.45, 7) is 2.09. The van der Waals surface area contributed by atoms with Gasteiger partial charge < -0.3 is 14.6 Å². The summed E-state index contributed by atoms with van der Waals surface area (Å²) >= 11 is 0. The fourth-order valence-electron chi connectivity index (χ4n) is 2.45. The predicted octanol–water partition coefficient (Wildman–Crippen LogP) is 2.09. The van der Waals surface area contributed by atoms with E-state index in [1.807, 2.05) is 0 Å². The lowest BCUT2D eigenvalue weighted by Gasteiger charge is -2.11. The number of hydrogen-bond donors (Lipinski definition) is 2. The fourth-order valence-corrected chi connectivity index (χ4v) is 3.67. The zero-order chi connectivity index (χ0) is 20.7. The number of methoxy groups -OCH3 is 1. The first-order chi connectivity index (χ1) is 13.3. The number of esters is 1. The Balaban J connectivity index is 2.07. The lowest BCUT2D eigenvalue weighted by Crippen LogP contribution is -2.26. The van der Waals surface area contributed by atoms with Gasteiger partial charge in [0.05, 0.1) is 24.8 Å². The first-order valence-electron chi connectivity index (χ1n) is 8.45. The number of benzene rings is 2. The first kappa shape index (κ1) is 21.4. The number of aromatic carboxylic acids is 1. The lowest BCUT2D eigenvalue weighted by atomic mass is 10.1. The monoisotopic (exact) mass is 407 g/mol. The van der Waals surface area contributed by atoms with Gasteiger partial charge in [-0.1, -0.05) is 12.1 Å². The molecule has 8 nitrogen and oxygen atoms in total. The number of ether oxygens (including phenoxy) is 2. The van der Waals surface area contributed by atoms with E-state index in [4.69, 9.17) is 14.6 Å². The standard InChI is InChI=1S/C19H21NO7S/c1-3-27-19(23)14-6-4-13(5-7-14)10-11-20-28(24,25)17-12-15(18(21)22)8-9-16(17)26-2/h4-9,12,20H,3,10-11H2,1-2H3,(H,21,22). The maximum Gasteiger partial charge on any atom is 0.338 e. The Morgan fingerprint density at radius 1 is 1.07 bits per heavy atom. The van der Waals surface area contributed by atoms with E-state index in [1.165, 1.54) is 19.2 Å². The van der Waals surface area contributed by atoms with Crippen LogP contribution in [0.5, 0.6) is 5.75 Å². The van der Waals surface area contributed by atoms with Crippen LogP contribution < -0.4 is 9.46 Å². The van der Waals surface area contributed by atoms with Crippen molar-refractivity contribution < 1.29 is 32.6 Å². The smallest absolute Gasteiger partial charge is 0.338 e. The second-order valence-electron chi connectivity index (χ2n) is 5.74. The van der Waals surface area contributed by atoms with Gasteiger partial charge in [0.25, 0.3) is 0 Å². The molecular formula is C19H21NO7S. The molecule has 0 saturated heterocycles. The van der Waals surface area contributed by atoms with Gasteiger partial charge in [0.15, 0.2) is 0 Å². The highest BCUT2D eigenvalue weighted by molar-refractivity contribution is 7.89. The summed E-state index contributed by atoms with van der Waals surface area (Å²) in [4.78, 5) is 22.5. The molecule has 0 saturated carbocycles. The van der Waals surface area contributed by atoms with Gasteiger partial charge >= 0.3 is 11.9 Å². The van der Waals surface area contributed by atoms with Crippen LogP contribution in [0.1, 0.15) is 33.2 Å². The van der Waals surface area contributed by atoms with Gasteiger partial charge in [0.2, 0.25) is 10.0 Å². The third-order valence-electron chi connectivity index (χ3n) is 3.87. The highest BCUT2D eigenvalue weighted by atomic mass is 32.2. The van der Waals surface area contributed by atoms with Crippen LogP contribution in [0, 0.1) is 0 Å². The Bertz CT molecular complexity index is 953. The van der Waals surface area contributed by atoms with Gasteiger partial charge in [-0.15, -0.1) is 0 Å². The third kappa shape index (κ3) is 5.30. The highest BCUT2D eigenvalue weighted by Gasteiger charge is 2.21. The maximum atomic E-state index is 12.5. The molecule has 0 unspecified atom stereocenters. The van der Waals surface area contributed by atoms with Gasteiger partial charge in [-0.3, -0.25) is 0 Å². The zero-order valence-corrected chi connectivity index (χ0v) is 16.3. The van der Waals surface area contributed by atoms with Crippen LogP contribution in [0.25, 0.3) is 0 Å². The topological polar surface area (TPSA) is 119 Å². The van der Waals surface area contributed by atoms with Crippen LogP contribution in [0.2, 0.25) is 0 Å². The van der Waals surface area contributed by atoms with Crippen LogP contribution >= 0.6 is 0 Å². The van der Waals surface area contributed by atoms with Crippen molar-refractivity contribution >= 4 is 22.0 Å². The van der Waals surface area contributed by atoms with Gasteiger partial charge in [-0.2, -0.15) is 0 Å². The summed E-state index contributed by atoms with van der Waals surface area (Å²) in [5, 5.41) is 9.07. The molecule has 0 fully saturated rings. The van der Waals surface area contributed by atoms with Gasteiger partial charge in [-0.25, -0.2) is 22.7 Å². The van der Waals surface area contributed by atoms with E-state index >= 15 is 0 Å². The normalized spacial score (nSPS) is 11.1. The minimum Gasteiger partial charge on any atom is -0.495 e. The summed E-state index contributed by atoms with van der Waals surface area (Å²) in [6, 6.07) is 10.3. The fraction of sp³-hybridized carbons (Fsp3) is 0.263. The van der Waals surface area contributed by atoms with Crippen molar-refractivity contribution in [2.75, 3.05) is 20.3 Å². The Labute approximate surface area is 163 Å². The minimum absolute atomic E-state index is 0.0521. The Morgan fingerprint density at radius 2 is 1.71 bits per heavy atom. The summed E-state index contributed by atoms with van der Waals surface area (Å²) in [5.41, 5.74) is 1.08. The van der Waals surface area contributed by atoms with Crippen LogP contribution in [0.15, 0.2) is 47.4 Å². The molecule has 0 spiro atoms. The molecule has 0 atom stereocenters. The lowest BCUT2D eigenvalue weighted by molar-refractivity contribution is 0.0525. The zero-order valence-electron chi connectivity index (χ0n) is 15.5. The minimum atomic E-state index is -3.97. The van der Waals surface area contributed by atoms with Crippen molar-refractivity contribution in [1.29, 1.82) is 0 Å². The van der Waals surface area contributed by atoms with Gasteiger partial charge in [0, 0.05) is 6.54 Å². The van der Waals surface area contributed by atoms with E-state index in [0.29, 0.717) is 12.0 Å². The number of carboxylic acids is 1. The van der Waals surface area contributed by atoms with E-state index in [2.05, 4.69) is 4.72 Å². The molecule has 0 aliphatic heterocycles. The van der Waals surface area contributed by atoms with Crippen molar-refractivity contribution in [3.63, 3.8) is 0 Å². The van der Waals surface area contributed by atoms with Crippen molar-refractivity contribution in [2.24, 2.45) is 0 Å². The summed E-state index contributed by atoms with van der Waals surface area (Å²) < 4.78 is 37.5. The van der Waals surface area contributed by atoms with Crippen LogP contribution in [-0.4, -0.2) is 45.7 Å². The van der Waals surface area contributed by atoms with Gasteiger partial charge in [0.1, 0.15) is 10.6 Å². The van der Waals surface area contributed by atoms with E-state index in [1.54, 1.807) is 31.2 Å². The molecule has 0 amide bonds. The predicted molar refractivity (Wildman–Crippen MR) is 101 cm³/mol. The van der Waals surface area contributed by atoms with Crippen LogP contribution in [-0.2, 0) is 21.2 Å². The van der Waals surface area contributed by atoms with Gasteiger partial charge in [-0.05, 0) is 49.2 Å². The molecule has 0 aliphatic rings. The molecule has 2 aromatic rings. The summed E-state index contributed by atoms with van der Waals surface area (Å²) in [6.07, 6.45) is 0.378. The van der Waals surface area contributed by atoms with E-state index < -0.39 is 22.0 Å². The molecule has 0 heterocycles. The Morgan fingerprint density at radius 3 is 2.29 bits per heavy atom. The number of carbonyl (C=O) groups excluding carboxylic acids is 1. The molecule has 2 N–H and O–H groups in total. The quantitative estimate of drug-likeness (QED) is 0.611. The van der Waals surface area contributed by atoms with E-state index in [0.717, 1.165) is 11.6 Å². The number of nitrogens with one attached hydrogen (secondary N) is 1. The molecule has 0 bridgehead atoms. The van der Waals surface area contributed by atoms with Crippen molar-refractivity contribution in [1.82, 2.24) is 4.72 Å². The average molecular weight is 407 g/mol. The maximum absolute atomic E-state index is 12.5. The van der Waals surface area contributed by atoms with Crippen molar-refractivity contribution in [3.8, 4) is 5.75 Å². The third-order valence-corrected chi connectivity index (χ3v) is 5.35. The second-order valence-corrected chi connectivity index (χ2v) is 7.47. The molecule has 2 rings (SSSR count). The Hall–Kier alpha value is -2.91. The molecule has 0 aromatic heterocycles. The second kappa shape index (κ2) is 9.34. The largest absolute Gasteiger partial charge is 0.495 e. The number of rotatable bonds is 9. The number of carbonyl (C=O) groups is 2. The molecule has 28 heavy (non-hydrogen) atoms. The first-order valence-corrected chi connectivity index (χ1v) is 9.94.